The first kappa shape index (κ1) is 14.5. The molecule has 0 heterocycles. The van der Waals surface area contributed by atoms with Crippen LogP contribution in [0.2, 0.25) is 0 Å². The maximum Gasteiger partial charge on any atom is 0.320 e. The number of carboxylic acids is 1. The molecule has 5 heteroatoms. The molecule has 0 aromatic heterocycles. The second kappa shape index (κ2) is 8.74. The van der Waals surface area contributed by atoms with Crippen molar-refractivity contribution in [1.82, 2.24) is 5.32 Å². The van der Waals surface area contributed by atoms with Gasteiger partial charge in [0.25, 0.3) is 0 Å². The highest BCUT2D eigenvalue weighted by Gasteiger charge is 2.09. The maximum atomic E-state index is 11.1. The maximum absolute atomic E-state index is 11.1. The van der Waals surface area contributed by atoms with Crippen molar-refractivity contribution in [3.8, 4) is 12.3 Å². The molecule has 0 aliphatic rings. The number of aliphatic carboxylic acids is 1. The Labute approximate surface area is 95.4 Å². The van der Waals surface area contributed by atoms with Crippen LogP contribution in [0.5, 0.6) is 0 Å². The van der Waals surface area contributed by atoms with Gasteiger partial charge in [-0.2, -0.15) is 0 Å². The molecule has 0 aromatic carbocycles. The van der Waals surface area contributed by atoms with Crippen LogP contribution in [0.4, 0.5) is 0 Å². The van der Waals surface area contributed by atoms with Gasteiger partial charge in [-0.1, -0.05) is 0 Å². The zero-order chi connectivity index (χ0) is 12.4. The molecule has 0 spiro atoms. The van der Waals surface area contributed by atoms with Gasteiger partial charge in [0.15, 0.2) is 0 Å². The van der Waals surface area contributed by atoms with E-state index in [0.29, 0.717) is 32.2 Å². The fourth-order valence-electron chi connectivity index (χ4n) is 1.11. The average Bonchev–Trinajstić information content (AvgIpc) is 2.25. The molecule has 0 fully saturated rings. The standard InChI is InChI=1S/C11H18N2O3/c1-2-3-7-10(14)13-8-5-4-6-9(12)11(15)16/h1,9H,3-8,12H2,(H,13,14)(H,15,16). The molecule has 16 heavy (non-hydrogen) atoms. The van der Waals surface area contributed by atoms with Gasteiger partial charge in [0, 0.05) is 19.4 Å². The number of nitrogens with one attached hydrogen (secondary N) is 1. The third kappa shape index (κ3) is 7.83. The summed E-state index contributed by atoms with van der Waals surface area (Å²) in [5.74, 6) is 1.33. The lowest BCUT2D eigenvalue weighted by Crippen LogP contribution is -2.30. The highest BCUT2D eigenvalue weighted by Crippen LogP contribution is 1.98. The van der Waals surface area contributed by atoms with E-state index in [1.165, 1.54) is 0 Å². The van der Waals surface area contributed by atoms with Gasteiger partial charge < -0.3 is 16.2 Å². The van der Waals surface area contributed by atoms with Crippen molar-refractivity contribution >= 4 is 11.9 Å². The first-order valence-electron chi connectivity index (χ1n) is 5.26. The highest BCUT2D eigenvalue weighted by molar-refractivity contribution is 5.76. The van der Waals surface area contributed by atoms with E-state index in [2.05, 4.69) is 11.2 Å². The van der Waals surface area contributed by atoms with Gasteiger partial charge in [-0.3, -0.25) is 9.59 Å². The Morgan fingerprint density at radius 3 is 2.69 bits per heavy atom. The molecule has 0 aliphatic heterocycles. The van der Waals surface area contributed by atoms with Crippen molar-refractivity contribution in [2.45, 2.75) is 38.1 Å². The number of hydrogen-bond acceptors (Lipinski definition) is 3. The molecule has 0 saturated carbocycles. The van der Waals surface area contributed by atoms with E-state index >= 15 is 0 Å². The predicted molar refractivity (Wildman–Crippen MR) is 60.5 cm³/mol. The number of carbonyl (C=O) groups excluding carboxylic acids is 1. The van der Waals surface area contributed by atoms with Crippen molar-refractivity contribution < 1.29 is 14.7 Å². The third-order valence-electron chi connectivity index (χ3n) is 2.08. The lowest BCUT2D eigenvalue weighted by Gasteiger charge is -2.06. The first-order chi connectivity index (χ1) is 7.57. The molecule has 0 aromatic rings. The molecule has 1 amide bonds. The number of unbranched alkanes of at least 4 members (excludes halogenated alkanes) is 1. The van der Waals surface area contributed by atoms with E-state index in [1.807, 2.05) is 0 Å². The summed E-state index contributed by atoms with van der Waals surface area (Å²) in [5, 5.41) is 11.2. The molecule has 0 rings (SSSR count). The van der Waals surface area contributed by atoms with Crippen molar-refractivity contribution in [3.05, 3.63) is 0 Å². The summed E-state index contributed by atoms with van der Waals surface area (Å²) in [5.41, 5.74) is 5.32. The molecule has 0 bridgehead atoms. The number of carboxylic acid groups (broad SMARTS) is 1. The van der Waals surface area contributed by atoms with Crippen LogP contribution in [0.3, 0.4) is 0 Å². The third-order valence-corrected chi connectivity index (χ3v) is 2.08. The van der Waals surface area contributed by atoms with Gasteiger partial charge in [-0.25, -0.2) is 0 Å². The van der Waals surface area contributed by atoms with Gasteiger partial charge in [-0.05, 0) is 19.3 Å². The van der Waals surface area contributed by atoms with E-state index in [9.17, 15) is 9.59 Å². The summed E-state index contributed by atoms with van der Waals surface area (Å²) in [7, 11) is 0. The summed E-state index contributed by atoms with van der Waals surface area (Å²) in [4.78, 5) is 21.5. The van der Waals surface area contributed by atoms with Crippen LogP contribution < -0.4 is 11.1 Å². The number of carbonyl (C=O) groups is 2. The van der Waals surface area contributed by atoms with Crippen LogP contribution in [0.25, 0.3) is 0 Å². The molecule has 0 saturated heterocycles. The largest absolute Gasteiger partial charge is 0.480 e. The van der Waals surface area contributed by atoms with E-state index in [1.54, 1.807) is 0 Å². The summed E-state index contributed by atoms with van der Waals surface area (Å²) in [6, 6.07) is -0.808. The van der Waals surface area contributed by atoms with Gasteiger partial charge in [0.2, 0.25) is 5.91 Å². The molecule has 1 unspecified atom stereocenters. The van der Waals surface area contributed by atoms with E-state index in [4.69, 9.17) is 17.3 Å². The van der Waals surface area contributed by atoms with E-state index in [0.717, 1.165) is 6.42 Å². The number of nitrogens with two attached hydrogens (primary N) is 1. The average molecular weight is 226 g/mol. The van der Waals surface area contributed by atoms with Crippen LogP contribution >= 0.6 is 0 Å². The number of amides is 1. The zero-order valence-electron chi connectivity index (χ0n) is 9.24. The second-order valence-corrected chi connectivity index (χ2v) is 3.49. The van der Waals surface area contributed by atoms with Gasteiger partial charge >= 0.3 is 5.97 Å². The Balaban J connectivity index is 3.37. The summed E-state index contributed by atoms with van der Waals surface area (Å²) in [6.07, 6.45) is 7.63. The van der Waals surface area contributed by atoms with Crippen LogP contribution in [0, 0.1) is 12.3 Å². The summed E-state index contributed by atoms with van der Waals surface area (Å²) >= 11 is 0. The quantitative estimate of drug-likeness (QED) is 0.404. The predicted octanol–water partition coefficient (Wildman–Crippen LogP) is 0.0982. The Morgan fingerprint density at radius 2 is 2.12 bits per heavy atom. The smallest absolute Gasteiger partial charge is 0.320 e. The number of rotatable bonds is 8. The van der Waals surface area contributed by atoms with Crippen LogP contribution in [-0.2, 0) is 9.59 Å². The van der Waals surface area contributed by atoms with Crippen LogP contribution in [-0.4, -0.2) is 29.6 Å². The molecule has 0 aliphatic carbocycles. The summed E-state index contributed by atoms with van der Waals surface area (Å²) in [6.45, 7) is 0.537. The Kier molecular flexibility index (Phi) is 7.90. The minimum Gasteiger partial charge on any atom is -0.480 e. The first-order valence-corrected chi connectivity index (χ1v) is 5.26. The second-order valence-electron chi connectivity index (χ2n) is 3.49. The van der Waals surface area contributed by atoms with E-state index in [-0.39, 0.29) is 5.91 Å². The van der Waals surface area contributed by atoms with Crippen molar-refractivity contribution in [2.75, 3.05) is 6.54 Å². The number of hydrogen-bond donors (Lipinski definition) is 3. The molecule has 5 nitrogen and oxygen atoms in total. The Hall–Kier alpha value is -1.54. The molecule has 1 atom stereocenters. The lowest BCUT2D eigenvalue weighted by molar-refractivity contribution is -0.138. The van der Waals surface area contributed by atoms with Crippen molar-refractivity contribution in [3.63, 3.8) is 0 Å². The SMILES string of the molecule is C#CCCC(=O)NCCCCC(N)C(=O)O. The fraction of sp³-hybridized carbons (Fsp3) is 0.636. The van der Waals surface area contributed by atoms with Gasteiger partial charge in [-0.15, -0.1) is 12.3 Å². The molecule has 4 N–H and O–H groups in total. The topological polar surface area (TPSA) is 92.4 Å². The minimum absolute atomic E-state index is 0.0690. The summed E-state index contributed by atoms with van der Waals surface area (Å²) < 4.78 is 0. The van der Waals surface area contributed by atoms with Crippen LogP contribution in [0.15, 0.2) is 0 Å². The monoisotopic (exact) mass is 226 g/mol. The molecule has 0 radical (unpaired) electrons. The Morgan fingerprint density at radius 1 is 1.44 bits per heavy atom. The lowest BCUT2D eigenvalue weighted by atomic mass is 10.1. The minimum atomic E-state index is -0.988. The van der Waals surface area contributed by atoms with Crippen molar-refractivity contribution in [2.24, 2.45) is 5.73 Å². The molecular weight excluding hydrogens is 208 g/mol. The molecule has 90 valence electrons. The van der Waals surface area contributed by atoms with Crippen LogP contribution in [0.1, 0.15) is 32.1 Å². The fourth-order valence-corrected chi connectivity index (χ4v) is 1.11. The molecular formula is C11H18N2O3. The zero-order valence-corrected chi connectivity index (χ0v) is 9.24. The van der Waals surface area contributed by atoms with Crippen molar-refractivity contribution in [1.29, 1.82) is 0 Å². The van der Waals surface area contributed by atoms with E-state index < -0.39 is 12.0 Å². The Bertz CT molecular complexity index is 271. The highest BCUT2D eigenvalue weighted by atomic mass is 16.4. The number of terminal acetylenes is 1. The van der Waals surface area contributed by atoms with Gasteiger partial charge in [0.1, 0.15) is 6.04 Å². The normalized spacial score (nSPS) is 11.5. The van der Waals surface area contributed by atoms with Gasteiger partial charge in [0.05, 0.1) is 0 Å².